The van der Waals surface area contributed by atoms with Crippen LogP contribution in [-0.4, -0.2) is 28.3 Å². The second-order valence-electron chi connectivity index (χ2n) is 5.58. The van der Waals surface area contributed by atoms with Gasteiger partial charge in [-0.2, -0.15) is 9.78 Å². The molecule has 1 amide bonds. The lowest BCUT2D eigenvalue weighted by Gasteiger charge is -2.12. The van der Waals surface area contributed by atoms with Crippen LogP contribution in [0.1, 0.15) is 20.3 Å². The quantitative estimate of drug-likeness (QED) is 0.819. The highest BCUT2D eigenvalue weighted by atomic mass is 35.5. The van der Waals surface area contributed by atoms with E-state index in [1.165, 1.54) is 6.20 Å². The molecule has 1 aromatic heterocycles. The van der Waals surface area contributed by atoms with Crippen molar-refractivity contribution in [1.82, 2.24) is 15.1 Å². The third-order valence-electron chi connectivity index (χ3n) is 3.17. The molecule has 0 bridgehead atoms. The summed E-state index contributed by atoms with van der Waals surface area (Å²) in [6, 6.07) is 2.79. The summed E-state index contributed by atoms with van der Waals surface area (Å²) in [5, 5.41) is 9.20. The molecule has 2 rings (SSSR count). The lowest BCUT2D eigenvalue weighted by atomic mass is 10.3. The van der Waals surface area contributed by atoms with Gasteiger partial charge in [0.15, 0.2) is 5.82 Å². The Balaban J connectivity index is 2.15. The number of aromatic nitrogens is 2. The van der Waals surface area contributed by atoms with Crippen LogP contribution in [0.4, 0.5) is 14.5 Å². The highest BCUT2D eigenvalue weighted by molar-refractivity contribution is 6.32. The average Bonchev–Trinajstić information content (AvgIpc) is 2.52. The zero-order chi connectivity index (χ0) is 18.6. The molecule has 1 heterocycles. The van der Waals surface area contributed by atoms with Crippen molar-refractivity contribution in [1.29, 1.82) is 0 Å². The third kappa shape index (κ3) is 4.76. The van der Waals surface area contributed by atoms with E-state index in [9.17, 15) is 18.4 Å². The number of hydrogen-bond acceptors (Lipinski definition) is 4. The lowest BCUT2D eigenvalue weighted by molar-refractivity contribution is -0.121. The maximum Gasteiger partial charge on any atom is 0.292 e. The predicted octanol–water partition coefficient (Wildman–Crippen LogP) is 2.49. The van der Waals surface area contributed by atoms with Gasteiger partial charge in [0.1, 0.15) is 16.5 Å². The molecule has 0 fully saturated rings. The summed E-state index contributed by atoms with van der Waals surface area (Å²) >= 11 is 6.00. The number of halogens is 3. The molecule has 0 aliphatic rings. The normalized spacial score (nSPS) is 10.8. The van der Waals surface area contributed by atoms with Crippen molar-refractivity contribution < 1.29 is 13.6 Å². The van der Waals surface area contributed by atoms with E-state index in [1.807, 2.05) is 13.8 Å². The second-order valence-corrected chi connectivity index (χ2v) is 5.96. The highest BCUT2D eigenvalue weighted by Gasteiger charge is 2.14. The van der Waals surface area contributed by atoms with Crippen LogP contribution < -0.4 is 16.2 Å². The average molecular weight is 371 g/mol. The smallest absolute Gasteiger partial charge is 0.292 e. The maximum absolute atomic E-state index is 13.8. The minimum atomic E-state index is -0.934. The Morgan fingerprint density at radius 2 is 2.08 bits per heavy atom. The van der Waals surface area contributed by atoms with Gasteiger partial charge in [-0.05, 0) is 26.0 Å². The molecule has 0 atom stereocenters. The monoisotopic (exact) mass is 370 g/mol. The van der Waals surface area contributed by atoms with E-state index >= 15 is 0 Å². The summed E-state index contributed by atoms with van der Waals surface area (Å²) < 4.78 is 27.5. The SMILES string of the molecule is CC(C)NC(=O)CCNc1cnn(-c2ccc(F)cc2F)c(=O)c1Cl. The van der Waals surface area contributed by atoms with Crippen LogP contribution in [0, 0.1) is 11.6 Å². The first-order valence-corrected chi connectivity index (χ1v) is 7.94. The fourth-order valence-corrected chi connectivity index (χ4v) is 2.28. The number of nitrogens with one attached hydrogen (secondary N) is 2. The summed E-state index contributed by atoms with van der Waals surface area (Å²) in [6.45, 7) is 3.94. The van der Waals surface area contributed by atoms with Gasteiger partial charge in [0.05, 0.1) is 11.9 Å². The minimum absolute atomic E-state index is 0.0345. The summed E-state index contributed by atoms with van der Waals surface area (Å²) in [5.74, 6) is -1.84. The number of benzene rings is 1. The predicted molar refractivity (Wildman–Crippen MR) is 91.1 cm³/mol. The van der Waals surface area contributed by atoms with Crippen molar-refractivity contribution in [2.24, 2.45) is 0 Å². The molecule has 9 heteroatoms. The number of hydrogen-bond donors (Lipinski definition) is 2. The van der Waals surface area contributed by atoms with Crippen LogP contribution in [-0.2, 0) is 4.79 Å². The van der Waals surface area contributed by atoms with Gasteiger partial charge in [0, 0.05) is 25.1 Å². The number of nitrogens with zero attached hydrogens (tertiary/aromatic N) is 2. The molecule has 2 aromatic rings. The Kier molecular flexibility index (Phi) is 6.08. The van der Waals surface area contributed by atoms with Gasteiger partial charge in [0.25, 0.3) is 5.56 Å². The fourth-order valence-electron chi connectivity index (χ4n) is 2.09. The number of rotatable bonds is 6. The van der Waals surface area contributed by atoms with Crippen LogP contribution in [0.2, 0.25) is 5.02 Å². The van der Waals surface area contributed by atoms with Crippen molar-refractivity contribution in [2.45, 2.75) is 26.3 Å². The minimum Gasteiger partial charge on any atom is -0.382 e. The van der Waals surface area contributed by atoms with Crippen LogP contribution in [0.25, 0.3) is 5.69 Å². The summed E-state index contributed by atoms with van der Waals surface area (Å²) in [6.07, 6.45) is 1.43. The van der Waals surface area contributed by atoms with E-state index in [0.717, 1.165) is 16.8 Å². The van der Waals surface area contributed by atoms with Gasteiger partial charge in [0.2, 0.25) is 5.91 Å². The van der Waals surface area contributed by atoms with Crippen molar-refractivity contribution >= 4 is 23.2 Å². The molecule has 0 radical (unpaired) electrons. The standard InChI is InChI=1S/C16H17ClF2N4O2/c1-9(2)22-14(24)5-6-20-12-8-21-23(16(25)15(12)17)13-4-3-10(18)7-11(13)19/h3-4,7-9,20H,5-6H2,1-2H3,(H,22,24). The first-order valence-electron chi connectivity index (χ1n) is 7.56. The van der Waals surface area contributed by atoms with E-state index in [2.05, 4.69) is 15.7 Å². The van der Waals surface area contributed by atoms with Gasteiger partial charge < -0.3 is 10.6 Å². The Morgan fingerprint density at radius 3 is 2.72 bits per heavy atom. The Hall–Kier alpha value is -2.48. The van der Waals surface area contributed by atoms with Crippen LogP contribution >= 0.6 is 11.6 Å². The Labute approximate surface area is 147 Å². The third-order valence-corrected chi connectivity index (χ3v) is 3.54. The van der Waals surface area contributed by atoms with Crippen molar-refractivity contribution in [3.8, 4) is 5.69 Å². The molecule has 0 spiro atoms. The highest BCUT2D eigenvalue weighted by Crippen LogP contribution is 2.18. The van der Waals surface area contributed by atoms with Gasteiger partial charge >= 0.3 is 0 Å². The van der Waals surface area contributed by atoms with E-state index in [0.29, 0.717) is 6.07 Å². The summed E-state index contributed by atoms with van der Waals surface area (Å²) in [4.78, 5) is 23.8. The molecule has 1 aromatic carbocycles. The second kappa shape index (κ2) is 8.06. The molecule has 2 N–H and O–H groups in total. The number of carbonyl (C=O) groups excluding carboxylic acids is 1. The van der Waals surface area contributed by atoms with Crippen molar-refractivity contribution in [3.05, 3.63) is 51.4 Å². The van der Waals surface area contributed by atoms with Crippen LogP contribution in [0.15, 0.2) is 29.2 Å². The molecule has 25 heavy (non-hydrogen) atoms. The molecule has 6 nitrogen and oxygen atoms in total. The van der Waals surface area contributed by atoms with Crippen molar-refractivity contribution in [2.75, 3.05) is 11.9 Å². The fraction of sp³-hybridized carbons (Fsp3) is 0.312. The van der Waals surface area contributed by atoms with Gasteiger partial charge in [-0.15, -0.1) is 0 Å². The van der Waals surface area contributed by atoms with Gasteiger partial charge in [-0.3, -0.25) is 9.59 Å². The summed E-state index contributed by atoms with van der Waals surface area (Å²) in [5.41, 5.74) is -0.747. The van der Waals surface area contributed by atoms with Gasteiger partial charge in [-0.1, -0.05) is 11.6 Å². The molecule has 0 aliphatic heterocycles. The zero-order valence-electron chi connectivity index (χ0n) is 13.6. The number of carbonyl (C=O) groups is 1. The van der Waals surface area contributed by atoms with Crippen molar-refractivity contribution in [3.63, 3.8) is 0 Å². The molecule has 134 valence electrons. The topological polar surface area (TPSA) is 76.0 Å². The van der Waals surface area contributed by atoms with Crippen LogP contribution in [0.5, 0.6) is 0 Å². The van der Waals surface area contributed by atoms with E-state index < -0.39 is 17.2 Å². The van der Waals surface area contributed by atoms with Gasteiger partial charge in [-0.25, -0.2) is 8.78 Å². The molecular formula is C16H17ClF2N4O2. The zero-order valence-corrected chi connectivity index (χ0v) is 14.4. The van der Waals surface area contributed by atoms with E-state index in [1.54, 1.807) is 0 Å². The lowest BCUT2D eigenvalue weighted by Crippen LogP contribution is -2.31. The first-order chi connectivity index (χ1) is 11.8. The first kappa shape index (κ1) is 18.9. The maximum atomic E-state index is 13.8. The molecule has 0 saturated carbocycles. The molecule has 0 unspecified atom stereocenters. The molecule has 0 aliphatic carbocycles. The van der Waals surface area contributed by atoms with Crippen LogP contribution in [0.3, 0.4) is 0 Å². The Morgan fingerprint density at radius 1 is 1.36 bits per heavy atom. The van der Waals surface area contributed by atoms with E-state index in [-0.39, 0.29) is 41.3 Å². The Bertz CT molecular complexity index is 839. The summed E-state index contributed by atoms with van der Waals surface area (Å²) in [7, 11) is 0. The molecular weight excluding hydrogens is 354 g/mol. The van der Waals surface area contributed by atoms with E-state index in [4.69, 9.17) is 11.6 Å². The number of amides is 1. The largest absolute Gasteiger partial charge is 0.382 e. The number of anilines is 1. The molecule has 0 saturated heterocycles.